The maximum Gasteiger partial charge on any atom is -0.0307 e. The molecule has 3 rings (SSSR count). The second kappa shape index (κ2) is 24.0. The van der Waals surface area contributed by atoms with Gasteiger partial charge >= 0.3 is 0 Å². The first-order valence-corrected chi connectivity index (χ1v) is 8.91. The van der Waals surface area contributed by atoms with Crippen molar-refractivity contribution >= 4 is 29.7 Å². The maximum absolute atomic E-state index is 2.16. The van der Waals surface area contributed by atoms with Gasteiger partial charge in [-0.2, -0.15) is 0 Å². The Morgan fingerprint density at radius 1 is 0.464 bits per heavy atom. The van der Waals surface area contributed by atoms with Crippen molar-refractivity contribution in [1.29, 1.82) is 0 Å². The molecule has 3 aromatic carbocycles. The van der Waals surface area contributed by atoms with Crippen LogP contribution in [-0.2, 0) is 19.3 Å². The molecule has 3 heteroatoms. The van der Waals surface area contributed by atoms with Crippen molar-refractivity contribution in [1.82, 2.24) is 0 Å². The fourth-order valence-corrected chi connectivity index (χ4v) is 2.14. The molecule has 0 amide bonds. The molecule has 0 N–H and O–H groups in total. The van der Waals surface area contributed by atoms with E-state index in [-0.39, 0.29) is 37.1 Å². The normalized spacial score (nSPS) is 7.82. The fraction of sp³-hybridized carbons (Fsp3) is 0.280. The number of benzene rings is 3. The van der Waals surface area contributed by atoms with Gasteiger partial charge in [0.1, 0.15) is 0 Å². The van der Waals surface area contributed by atoms with Gasteiger partial charge < -0.3 is 29.7 Å². The second-order valence-corrected chi connectivity index (χ2v) is 5.52. The van der Waals surface area contributed by atoms with Crippen LogP contribution in [0.1, 0.15) is 44.9 Å². The number of rotatable bonds is 3. The van der Waals surface area contributed by atoms with Crippen molar-refractivity contribution in [2.45, 2.75) is 47.5 Å². The summed E-state index contributed by atoms with van der Waals surface area (Å²) in [5.74, 6) is 0. The Kier molecular flexibility index (Phi) is 29.5. The van der Waals surface area contributed by atoms with Crippen molar-refractivity contribution in [3.63, 3.8) is 0 Å². The lowest BCUT2D eigenvalue weighted by atomic mass is 10.2. The SMILES string of the molecule is C.CCc1ccccc1.CCc1ccccc1.CCc1ccccc1.[P-3].[PH-2].[PH2-]. The molecule has 0 radical (unpaired) electrons. The van der Waals surface area contributed by atoms with E-state index in [1.54, 1.807) is 0 Å². The molecule has 158 valence electrons. The van der Waals surface area contributed by atoms with E-state index in [0.29, 0.717) is 0 Å². The van der Waals surface area contributed by atoms with Gasteiger partial charge in [-0.15, -0.1) is 0 Å². The summed E-state index contributed by atoms with van der Waals surface area (Å²) in [5, 5.41) is 0. The van der Waals surface area contributed by atoms with Crippen molar-refractivity contribution < 1.29 is 0 Å². The average molecular weight is 430 g/mol. The first-order valence-electron chi connectivity index (χ1n) is 8.91. The van der Waals surface area contributed by atoms with E-state index in [9.17, 15) is 0 Å². The Bertz CT molecular complexity index is 532. The number of aryl methyl sites for hydroxylation is 3. The first kappa shape index (κ1) is 34.5. The Balaban J connectivity index is -0.000000144. The zero-order valence-electron chi connectivity index (χ0n) is 16.8. The molecule has 0 aliphatic heterocycles. The number of hydrogen-bond acceptors (Lipinski definition) is 0. The van der Waals surface area contributed by atoms with Crippen molar-refractivity contribution in [3.8, 4) is 0 Å². The molecule has 28 heavy (non-hydrogen) atoms. The Morgan fingerprint density at radius 2 is 0.643 bits per heavy atom. The third-order valence-electron chi connectivity index (χ3n) is 3.75. The summed E-state index contributed by atoms with van der Waals surface area (Å²) < 4.78 is 0. The standard InChI is InChI=1S/3C8H10.CH4.H2P.HP.P/c3*1-2-8-6-4-3-5-7-8;;;;/h3*3-7H,2H2,1H3;1H4;1H2;1H;/q;;;;-1;-2;-3. The monoisotopic (exact) mass is 430 g/mol. The van der Waals surface area contributed by atoms with Gasteiger partial charge in [0.2, 0.25) is 0 Å². The van der Waals surface area contributed by atoms with Crippen LogP contribution in [0.5, 0.6) is 0 Å². The summed E-state index contributed by atoms with van der Waals surface area (Å²) >= 11 is 0. The molecule has 0 unspecified atom stereocenters. The predicted molar refractivity (Wildman–Crippen MR) is 139 cm³/mol. The topological polar surface area (TPSA) is 0 Å². The predicted octanol–water partition coefficient (Wildman–Crippen LogP) is 9.16. The lowest BCUT2D eigenvalue weighted by Gasteiger charge is -3.00. The van der Waals surface area contributed by atoms with Gasteiger partial charge in [0, 0.05) is 0 Å². The molecule has 0 fully saturated rings. The fourth-order valence-electron chi connectivity index (χ4n) is 2.14. The molecular weight excluding hydrogens is 393 g/mol. The van der Waals surface area contributed by atoms with Gasteiger partial charge in [0.15, 0.2) is 0 Å². The lowest BCUT2D eigenvalue weighted by molar-refractivity contribution is 1.14. The lowest BCUT2D eigenvalue weighted by Crippen LogP contribution is -1.73. The highest BCUT2D eigenvalue weighted by molar-refractivity contribution is 6.92. The molecule has 0 aromatic heterocycles. The zero-order valence-corrected chi connectivity index (χ0v) is 19.9. The highest BCUT2D eigenvalue weighted by Crippen LogP contribution is 1.98. The molecule has 0 nitrogen and oxygen atoms in total. The van der Waals surface area contributed by atoms with E-state index in [1.165, 1.54) is 16.7 Å². The molecule has 0 saturated heterocycles. The zero-order chi connectivity index (χ0) is 17.5. The van der Waals surface area contributed by atoms with Crippen LogP contribution < -0.4 is 0 Å². The van der Waals surface area contributed by atoms with Crippen molar-refractivity contribution in [2.75, 3.05) is 0 Å². The molecule has 0 spiro atoms. The van der Waals surface area contributed by atoms with Gasteiger partial charge in [0.25, 0.3) is 0 Å². The molecule has 0 aliphatic carbocycles. The highest BCUT2D eigenvalue weighted by atomic mass is 31.0. The third kappa shape index (κ3) is 17.1. The van der Waals surface area contributed by atoms with E-state index in [4.69, 9.17) is 0 Å². The molecule has 0 heterocycles. The van der Waals surface area contributed by atoms with E-state index >= 15 is 0 Å². The number of hydrogen-bond donors (Lipinski definition) is 0. The van der Waals surface area contributed by atoms with Crippen LogP contribution in [-0.4, -0.2) is 0 Å². The first-order chi connectivity index (χ1) is 11.8. The van der Waals surface area contributed by atoms with Crippen LogP contribution in [0.4, 0.5) is 0 Å². The van der Waals surface area contributed by atoms with Crippen LogP contribution in [0, 0.1) is 0 Å². The third-order valence-corrected chi connectivity index (χ3v) is 3.75. The van der Waals surface area contributed by atoms with Gasteiger partial charge in [-0.1, -0.05) is 119 Å². The van der Waals surface area contributed by atoms with E-state index < -0.39 is 0 Å². The average Bonchev–Trinajstić information content (AvgIpc) is 2.71. The van der Waals surface area contributed by atoms with Crippen LogP contribution >= 0.6 is 29.7 Å². The Hall–Kier alpha value is -1.05. The van der Waals surface area contributed by atoms with Crippen LogP contribution in [0.3, 0.4) is 0 Å². The van der Waals surface area contributed by atoms with Gasteiger partial charge in [-0.3, -0.25) is 0 Å². The molecule has 0 saturated carbocycles. The minimum atomic E-state index is 0. The maximum atomic E-state index is 2.16. The van der Waals surface area contributed by atoms with Gasteiger partial charge in [-0.25, -0.2) is 0 Å². The van der Waals surface area contributed by atoms with E-state index in [1.807, 2.05) is 18.2 Å². The quantitative estimate of drug-likeness (QED) is 0.363. The van der Waals surface area contributed by atoms with Crippen LogP contribution in [0.2, 0.25) is 0 Å². The summed E-state index contributed by atoms with van der Waals surface area (Å²) in [6.07, 6.45) is 3.42. The summed E-state index contributed by atoms with van der Waals surface area (Å²) in [4.78, 5) is 0. The minimum absolute atomic E-state index is 0. The summed E-state index contributed by atoms with van der Waals surface area (Å²) in [6.45, 7) is 6.49. The summed E-state index contributed by atoms with van der Waals surface area (Å²) in [6, 6.07) is 31.4. The molecule has 0 aliphatic rings. The van der Waals surface area contributed by atoms with Gasteiger partial charge in [-0.05, 0) is 36.0 Å². The van der Waals surface area contributed by atoms with E-state index in [0.717, 1.165) is 19.3 Å². The summed E-state index contributed by atoms with van der Waals surface area (Å²) in [5.41, 5.74) is 4.23. The van der Waals surface area contributed by atoms with Crippen LogP contribution in [0.25, 0.3) is 0 Å². The summed E-state index contributed by atoms with van der Waals surface area (Å²) in [7, 11) is 0. The Morgan fingerprint density at radius 3 is 0.750 bits per heavy atom. The largest absolute Gasteiger partial charge is 3.00 e. The molecule has 3 aromatic rings. The molecule has 0 bridgehead atoms. The van der Waals surface area contributed by atoms with Crippen molar-refractivity contribution in [3.05, 3.63) is 108 Å². The van der Waals surface area contributed by atoms with E-state index in [2.05, 4.69) is 93.6 Å². The molecular formula is C25H37P3-6. The highest BCUT2D eigenvalue weighted by Gasteiger charge is 1.81. The van der Waals surface area contributed by atoms with Gasteiger partial charge in [0.05, 0.1) is 0 Å². The smallest absolute Gasteiger partial charge is 0.0307 e. The minimum Gasteiger partial charge on any atom is -3.00 e. The Labute approximate surface area is 184 Å². The molecule has 0 atom stereocenters. The van der Waals surface area contributed by atoms with Crippen molar-refractivity contribution in [2.24, 2.45) is 0 Å². The second-order valence-electron chi connectivity index (χ2n) is 5.52. The van der Waals surface area contributed by atoms with Crippen LogP contribution in [0.15, 0.2) is 91.0 Å².